The maximum Gasteiger partial charge on any atom is 0.131 e. The average molecular weight is 316 g/mol. The Morgan fingerprint density at radius 2 is 1.61 bits per heavy atom. The summed E-state index contributed by atoms with van der Waals surface area (Å²) < 4.78 is 10.2. The number of nitrogens with zero attached hydrogens (tertiary/aromatic N) is 2. The molecule has 0 unspecified atom stereocenters. The van der Waals surface area contributed by atoms with Gasteiger partial charge in [-0.15, -0.1) is 0 Å². The third kappa shape index (κ3) is 5.75. The van der Waals surface area contributed by atoms with Crippen LogP contribution in [0.15, 0.2) is 30.3 Å². The van der Waals surface area contributed by atoms with Crippen molar-refractivity contribution in [3.8, 4) is 5.75 Å². The van der Waals surface area contributed by atoms with Gasteiger partial charge in [0.05, 0.1) is 13.7 Å². The number of benzene rings is 1. The summed E-state index contributed by atoms with van der Waals surface area (Å²) in [5, 5.41) is 6.56. The van der Waals surface area contributed by atoms with Crippen molar-refractivity contribution in [1.82, 2.24) is 9.97 Å². The van der Waals surface area contributed by atoms with Crippen LogP contribution in [0.5, 0.6) is 5.75 Å². The second-order valence-corrected chi connectivity index (χ2v) is 5.13. The van der Waals surface area contributed by atoms with Crippen LogP contribution in [0.3, 0.4) is 0 Å². The number of ether oxygens (including phenoxy) is 2. The molecule has 0 atom stereocenters. The van der Waals surface area contributed by atoms with Crippen LogP contribution in [-0.4, -0.2) is 43.9 Å². The first-order valence-electron chi connectivity index (χ1n) is 7.66. The van der Waals surface area contributed by atoms with E-state index in [4.69, 9.17) is 9.47 Å². The van der Waals surface area contributed by atoms with E-state index in [2.05, 4.69) is 32.7 Å². The van der Waals surface area contributed by atoms with Crippen LogP contribution < -0.4 is 15.4 Å². The lowest BCUT2D eigenvalue weighted by Crippen LogP contribution is -2.12. The molecule has 0 aliphatic carbocycles. The van der Waals surface area contributed by atoms with Crippen molar-refractivity contribution in [2.45, 2.75) is 13.3 Å². The molecule has 0 saturated heterocycles. The fraction of sp³-hybridized carbons (Fsp3) is 0.412. The Labute approximate surface area is 137 Å². The highest BCUT2D eigenvalue weighted by molar-refractivity contribution is 5.47. The van der Waals surface area contributed by atoms with Crippen LogP contribution in [0.1, 0.15) is 11.4 Å². The van der Waals surface area contributed by atoms with Gasteiger partial charge in [-0.3, -0.25) is 0 Å². The quantitative estimate of drug-likeness (QED) is 0.693. The van der Waals surface area contributed by atoms with E-state index < -0.39 is 0 Å². The zero-order chi connectivity index (χ0) is 16.5. The summed E-state index contributed by atoms with van der Waals surface area (Å²) >= 11 is 0. The standard InChI is InChI=1S/C17H24N4O2/c1-13-20-16(12-17(21-13)19-10-11-22-2)18-9-8-14-4-6-15(23-3)7-5-14/h4-7,12H,8-11H2,1-3H3,(H2,18,19,20,21). The van der Waals surface area contributed by atoms with E-state index in [1.54, 1.807) is 14.2 Å². The normalized spacial score (nSPS) is 10.4. The Bertz CT molecular complexity index is 602. The Morgan fingerprint density at radius 1 is 0.957 bits per heavy atom. The maximum absolute atomic E-state index is 5.16. The van der Waals surface area contributed by atoms with Crippen molar-refractivity contribution < 1.29 is 9.47 Å². The SMILES string of the molecule is COCCNc1cc(NCCc2ccc(OC)cc2)nc(C)n1. The van der Waals surface area contributed by atoms with Gasteiger partial charge in [-0.1, -0.05) is 12.1 Å². The topological polar surface area (TPSA) is 68.3 Å². The van der Waals surface area contributed by atoms with E-state index in [9.17, 15) is 0 Å². The monoisotopic (exact) mass is 316 g/mol. The molecule has 1 heterocycles. The number of aromatic nitrogens is 2. The number of anilines is 2. The molecule has 0 fully saturated rings. The molecule has 2 aromatic rings. The highest BCUT2D eigenvalue weighted by atomic mass is 16.5. The first-order valence-corrected chi connectivity index (χ1v) is 7.66. The summed E-state index contributed by atoms with van der Waals surface area (Å²) in [5.74, 6) is 3.24. The van der Waals surface area contributed by atoms with E-state index in [1.807, 2.05) is 25.1 Å². The molecule has 2 rings (SSSR count). The first-order chi connectivity index (χ1) is 11.2. The highest BCUT2D eigenvalue weighted by Gasteiger charge is 2.02. The van der Waals surface area contributed by atoms with E-state index >= 15 is 0 Å². The lowest BCUT2D eigenvalue weighted by Gasteiger charge is -2.10. The Morgan fingerprint density at radius 3 is 2.22 bits per heavy atom. The van der Waals surface area contributed by atoms with Gasteiger partial charge in [-0.05, 0) is 31.0 Å². The predicted molar refractivity (Wildman–Crippen MR) is 92.3 cm³/mol. The van der Waals surface area contributed by atoms with Crippen molar-refractivity contribution in [2.75, 3.05) is 44.5 Å². The van der Waals surface area contributed by atoms with Crippen molar-refractivity contribution in [3.05, 3.63) is 41.7 Å². The van der Waals surface area contributed by atoms with E-state index in [0.717, 1.165) is 42.7 Å². The summed E-state index contributed by atoms with van der Waals surface area (Å²) in [7, 11) is 3.35. The molecule has 23 heavy (non-hydrogen) atoms. The van der Waals surface area contributed by atoms with Crippen LogP contribution in [-0.2, 0) is 11.2 Å². The largest absolute Gasteiger partial charge is 0.497 e. The van der Waals surface area contributed by atoms with E-state index in [0.29, 0.717) is 6.61 Å². The zero-order valence-electron chi connectivity index (χ0n) is 13.9. The van der Waals surface area contributed by atoms with Crippen molar-refractivity contribution in [2.24, 2.45) is 0 Å². The molecular weight excluding hydrogens is 292 g/mol. The van der Waals surface area contributed by atoms with Gasteiger partial charge in [-0.25, -0.2) is 9.97 Å². The molecule has 0 aliphatic heterocycles. The van der Waals surface area contributed by atoms with Crippen molar-refractivity contribution >= 4 is 11.6 Å². The molecule has 0 saturated carbocycles. The van der Waals surface area contributed by atoms with Crippen LogP contribution >= 0.6 is 0 Å². The fourth-order valence-corrected chi connectivity index (χ4v) is 2.16. The molecule has 1 aromatic carbocycles. The average Bonchev–Trinajstić information content (AvgIpc) is 2.55. The van der Waals surface area contributed by atoms with Gasteiger partial charge in [0.2, 0.25) is 0 Å². The summed E-state index contributed by atoms with van der Waals surface area (Å²) in [6, 6.07) is 10.0. The fourth-order valence-electron chi connectivity index (χ4n) is 2.16. The summed E-state index contributed by atoms with van der Waals surface area (Å²) in [6.07, 6.45) is 0.916. The molecule has 124 valence electrons. The first kappa shape index (κ1) is 17.0. The van der Waals surface area contributed by atoms with Gasteiger partial charge in [0.25, 0.3) is 0 Å². The van der Waals surface area contributed by atoms with Crippen LogP contribution in [0.4, 0.5) is 11.6 Å². The van der Waals surface area contributed by atoms with E-state index in [1.165, 1.54) is 5.56 Å². The Hall–Kier alpha value is -2.34. The molecule has 1 aromatic heterocycles. The number of hydrogen-bond acceptors (Lipinski definition) is 6. The minimum Gasteiger partial charge on any atom is -0.497 e. The number of nitrogens with one attached hydrogen (secondary N) is 2. The van der Waals surface area contributed by atoms with Gasteiger partial charge >= 0.3 is 0 Å². The summed E-state index contributed by atoms with van der Waals surface area (Å²) in [4.78, 5) is 8.77. The van der Waals surface area contributed by atoms with Gasteiger partial charge in [0.15, 0.2) is 0 Å². The third-order valence-corrected chi connectivity index (χ3v) is 3.33. The Kier molecular flexibility index (Phi) is 6.62. The van der Waals surface area contributed by atoms with Crippen LogP contribution in [0.2, 0.25) is 0 Å². The molecule has 0 bridgehead atoms. The zero-order valence-corrected chi connectivity index (χ0v) is 13.9. The number of hydrogen-bond donors (Lipinski definition) is 2. The van der Waals surface area contributed by atoms with Gasteiger partial charge in [-0.2, -0.15) is 0 Å². The smallest absolute Gasteiger partial charge is 0.131 e. The Balaban J connectivity index is 1.86. The minimum atomic E-state index is 0.642. The molecule has 0 radical (unpaired) electrons. The van der Waals surface area contributed by atoms with E-state index in [-0.39, 0.29) is 0 Å². The summed E-state index contributed by atoms with van der Waals surface area (Å²) in [5.41, 5.74) is 1.25. The molecule has 0 spiro atoms. The lowest BCUT2D eigenvalue weighted by atomic mass is 10.1. The molecular formula is C17H24N4O2. The summed E-state index contributed by atoms with van der Waals surface area (Å²) in [6.45, 7) is 4.05. The molecule has 6 heteroatoms. The van der Waals surface area contributed by atoms with Crippen LogP contribution in [0.25, 0.3) is 0 Å². The van der Waals surface area contributed by atoms with Crippen molar-refractivity contribution in [1.29, 1.82) is 0 Å². The lowest BCUT2D eigenvalue weighted by molar-refractivity contribution is 0.210. The number of methoxy groups -OCH3 is 2. The highest BCUT2D eigenvalue weighted by Crippen LogP contribution is 2.13. The minimum absolute atomic E-state index is 0.642. The van der Waals surface area contributed by atoms with Crippen molar-refractivity contribution in [3.63, 3.8) is 0 Å². The molecule has 0 amide bonds. The number of rotatable bonds is 9. The van der Waals surface area contributed by atoms with Gasteiger partial charge in [0, 0.05) is 26.3 Å². The van der Waals surface area contributed by atoms with Gasteiger partial charge in [0.1, 0.15) is 23.2 Å². The van der Waals surface area contributed by atoms with Crippen LogP contribution in [0, 0.1) is 6.92 Å². The van der Waals surface area contributed by atoms with Gasteiger partial charge < -0.3 is 20.1 Å². The number of aryl methyl sites for hydroxylation is 1. The second-order valence-electron chi connectivity index (χ2n) is 5.13. The molecule has 0 aliphatic rings. The second kappa shape index (κ2) is 8.95. The third-order valence-electron chi connectivity index (χ3n) is 3.33. The molecule has 6 nitrogen and oxygen atoms in total. The predicted octanol–water partition coefficient (Wildman–Crippen LogP) is 2.51. The maximum atomic E-state index is 5.16. The molecule has 2 N–H and O–H groups in total.